The van der Waals surface area contributed by atoms with Gasteiger partial charge in [0, 0.05) is 12.8 Å². The number of aromatic nitrogens is 1. The SMILES string of the molecule is CCCCC(=O)N/C(=N/C=N)c1ccc([C@]2(C)O[C@H](CO)[C@@H](OC(=O)CC3CCCCC3)[C@H]2O)[nH]1. The number of nitrogens with zero attached hydrogens (tertiary/aromatic N) is 1. The Morgan fingerprint density at radius 3 is 2.74 bits per heavy atom. The van der Waals surface area contributed by atoms with Crippen molar-refractivity contribution >= 4 is 24.1 Å². The number of aliphatic hydroxyl groups excluding tert-OH is 2. The van der Waals surface area contributed by atoms with Crippen LogP contribution in [0.2, 0.25) is 0 Å². The van der Waals surface area contributed by atoms with Gasteiger partial charge in [0.1, 0.15) is 24.1 Å². The lowest BCUT2D eigenvalue weighted by Crippen LogP contribution is -2.42. The summed E-state index contributed by atoms with van der Waals surface area (Å²) in [4.78, 5) is 31.8. The topological polar surface area (TPSA) is 157 Å². The minimum absolute atomic E-state index is 0.178. The van der Waals surface area contributed by atoms with E-state index in [0.717, 1.165) is 44.9 Å². The minimum atomic E-state index is -1.30. The number of amides is 1. The van der Waals surface area contributed by atoms with Crippen LogP contribution in [0.1, 0.15) is 83.0 Å². The van der Waals surface area contributed by atoms with Crippen molar-refractivity contribution in [1.82, 2.24) is 10.3 Å². The van der Waals surface area contributed by atoms with Gasteiger partial charge >= 0.3 is 5.97 Å². The summed E-state index contributed by atoms with van der Waals surface area (Å²) in [5.74, 6) is -0.135. The van der Waals surface area contributed by atoms with Crippen molar-refractivity contribution in [3.63, 3.8) is 0 Å². The number of hydrogen-bond acceptors (Lipinski definition) is 7. The molecule has 2 fully saturated rings. The van der Waals surface area contributed by atoms with E-state index in [4.69, 9.17) is 14.9 Å². The molecule has 194 valence electrons. The van der Waals surface area contributed by atoms with Gasteiger partial charge in [-0.2, -0.15) is 0 Å². The number of amidine groups is 1. The Labute approximate surface area is 206 Å². The Balaban J connectivity index is 1.72. The van der Waals surface area contributed by atoms with Gasteiger partial charge in [0.15, 0.2) is 11.9 Å². The smallest absolute Gasteiger partial charge is 0.306 e. The fourth-order valence-corrected chi connectivity index (χ4v) is 4.89. The van der Waals surface area contributed by atoms with Crippen LogP contribution >= 0.6 is 0 Å². The van der Waals surface area contributed by atoms with E-state index in [1.807, 2.05) is 6.92 Å². The fraction of sp³-hybridized carbons (Fsp3) is 0.680. The molecule has 1 saturated heterocycles. The zero-order valence-corrected chi connectivity index (χ0v) is 20.6. The van der Waals surface area contributed by atoms with Crippen molar-refractivity contribution in [2.45, 2.75) is 95.5 Å². The summed E-state index contributed by atoms with van der Waals surface area (Å²) in [7, 11) is 0. The molecule has 0 bridgehead atoms. The van der Waals surface area contributed by atoms with Crippen molar-refractivity contribution in [2.24, 2.45) is 10.9 Å². The van der Waals surface area contributed by atoms with Crippen LogP contribution in [0.5, 0.6) is 0 Å². The van der Waals surface area contributed by atoms with Crippen molar-refractivity contribution in [3.8, 4) is 0 Å². The molecule has 2 aliphatic rings. The lowest BCUT2D eigenvalue weighted by molar-refractivity contribution is -0.158. The van der Waals surface area contributed by atoms with Gasteiger partial charge in [0.25, 0.3) is 0 Å². The number of esters is 1. The third-order valence-corrected chi connectivity index (χ3v) is 6.95. The maximum Gasteiger partial charge on any atom is 0.306 e. The first-order chi connectivity index (χ1) is 16.8. The molecule has 1 aliphatic heterocycles. The number of hydrogen-bond donors (Lipinski definition) is 5. The van der Waals surface area contributed by atoms with Gasteiger partial charge in [-0.25, -0.2) is 4.99 Å². The molecule has 0 spiro atoms. The van der Waals surface area contributed by atoms with Crippen LogP contribution in [-0.4, -0.2) is 64.2 Å². The largest absolute Gasteiger partial charge is 0.457 e. The normalized spacial score (nSPS) is 27.5. The van der Waals surface area contributed by atoms with Crippen LogP contribution in [0.25, 0.3) is 0 Å². The number of carbonyl (C=O) groups is 2. The molecule has 0 unspecified atom stereocenters. The molecule has 0 aromatic carbocycles. The fourth-order valence-electron chi connectivity index (χ4n) is 4.89. The molecule has 4 atom stereocenters. The highest BCUT2D eigenvalue weighted by atomic mass is 16.6. The third-order valence-electron chi connectivity index (χ3n) is 6.95. The first-order valence-electron chi connectivity index (χ1n) is 12.5. The average Bonchev–Trinajstić information content (AvgIpc) is 3.43. The Hall–Kier alpha value is -2.56. The standard InChI is InChI=1S/C25H38N4O6/c1-3-4-10-20(31)29-24(27-15-26)17-11-12-19(28-17)25(2)23(33)22(18(14-30)35-25)34-21(32)13-16-8-6-5-7-9-16/h11-12,15-16,18,22-23,28,30,33H,3-10,13-14H2,1-2H3,(H2,26,27,29,31)/t18-,22-,23-,25+/m1/s1. The predicted molar refractivity (Wildman–Crippen MR) is 130 cm³/mol. The average molecular weight is 491 g/mol. The van der Waals surface area contributed by atoms with Gasteiger partial charge in [-0.15, -0.1) is 0 Å². The minimum Gasteiger partial charge on any atom is -0.457 e. The maximum absolute atomic E-state index is 12.6. The van der Waals surface area contributed by atoms with E-state index in [2.05, 4.69) is 15.3 Å². The van der Waals surface area contributed by atoms with Gasteiger partial charge in [-0.3, -0.25) is 15.0 Å². The van der Waals surface area contributed by atoms with Crippen LogP contribution in [-0.2, 0) is 24.7 Å². The number of rotatable bonds is 10. The van der Waals surface area contributed by atoms with Gasteiger partial charge in [0.05, 0.1) is 18.0 Å². The summed E-state index contributed by atoms with van der Waals surface area (Å²) in [5.41, 5.74) is -0.405. The molecular formula is C25H38N4O6. The quantitative estimate of drug-likeness (QED) is 0.193. The monoisotopic (exact) mass is 490 g/mol. The van der Waals surface area contributed by atoms with E-state index in [0.29, 0.717) is 30.1 Å². The summed E-state index contributed by atoms with van der Waals surface area (Å²) < 4.78 is 11.6. The second kappa shape index (κ2) is 12.4. The van der Waals surface area contributed by atoms with Gasteiger partial charge in [0.2, 0.25) is 5.91 Å². The van der Waals surface area contributed by atoms with Crippen molar-refractivity contribution in [1.29, 1.82) is 5.41 Å². The molecular weight excluding hydrogens is 452 g/mol. The molecule has 3 rings (SSSR count). The molecule has 5 N–H and O–H groups in total. The summed E-state index contributed by atoms with van der Waals surface area (Å²) in [6.07, 6.45) is 5.37. The lowest BCUT2D eigenvalue weighted by Gasteiger charge is -2.27. The molecule has 1 aliphatic carbocycles. The second-order valence-electron chi connectivity index (χ2n) is 9.60. The second-order valence-corrected chi connectivity index (χ2v) is 9.60. The molecule has 10 heteroatoms. The highest BCUT2D eigenvalue weighted by Gasteiger charge is 2.55. The van der Waals surface area contributed by atoms with Crippen LogP contribution in [0.15, 0.2) is 17.1 Å². The Kier molecular flexibility index (Phi) is 9.59. The van der Waals surface area contributed by atoms with E-state index in [1.165, 1.54) is 6.42 Å². The molecule has 1 aromatic heterocycles. The first-order valence-corrected chi connectivity index (χ1v) is 12.5. The third kappa shape index (κ3) is 6.56. The molecule has 1 aromatic rings. The lowest BCUT2D eigenvalue weighted by atomic mass is 9.87. The predicted octanol–water partition coefficient (Wildman–Crippen LogP) is 2.52. The highest BCUT2D eigenvalue weighted by molar-refractivity contribution is 6.09. The van der Waals surface area contributed by atoms with Crippen molar-refractivity contribution < 1.29 is 29.3 Å². The number of carbonyl (C=O) groups excluding carboxylic acids is 2. The summed E-state index contributed by atoms with van der Waals surface area (Å²) in [6, 6.07) is 3.34. The van der Waals surface area contributed by atoms with Gasteiger partial charge < -0.3 is 30.0 Å². The number of unbranched alkanes of at least 4 members (excludes halogenated alkanes) is 1. The van der Waals surface area contributed by atoms with Crippen LogP contribution < -0.4 is 5.32 Å². The molecule has 0 radical (unpaired) electrons. The van der Waals surface area contributed by atoms with E-state index >= 15 is 0 Å². The number of aliphatic imine (C=N–C) groups is 1. The molecule has 1 saturated carbocycles. The molecule has 35 heavy (non-hydrogen) atoms. The van der Waals surface area contributed by atoms with Crippen LogP contribution in [0.3, 0.4) is 0 Å². The van der Waals surface area contributed by atoms with Gasteiger partial charge in [-0.05, 0) is 44.2 Å². The molecule has 2 heterocycles. The highest BCUT2D eigenvalue weighted by Crippen LogP contribution is 2.41. The Morgan fingerprint density at radius 1 is 1.34 bits per heavy atom. The summed E-state index contributed by atoms with van der Waals surface area (Å²) in [5, 5.41) is 31.0. The van der Waals surface area contributed by atoms with E-state index < -0.39 is 36.5 Å². The summed E-state index contributed by atoms with van der Waals surface area (Å²) >= 11 is 0. The van der Waals surface area contributed by atoms with Crippen LogP contribution in [0.4, 0.5) is 0 Å². The Bertz CT molecular complexity index is 910. The van der Waals surface area contributed by atoms with Gasteiger partial charge in [-0.1, -0.05) is 32.6 Å². The van der Waals surface area contributed by atoms with Crippen LogP contribution in [0, 0.1) is 11.3 Å². The maximum atomic E-state index is 12.6. The zero-order chi connectivity index (χ0) is 25.4. The number of H-pyrrole nitrogens is 1. The van der Waals surface area contributed by atoms with Crippen molar-refractivity contribution in [3.05, 3.63) is 23.5 Å². The van der Waals surface area contributed by atoms with E-state index in [1.54, 1.807) is 19.1 Å². The number of ether oxygens (including phenoxy) is 2. The number of aliphatic hydroxyl groups is 2. The molecule has 1 amide bonds. The van der Waals surface area contributed by atoms with E-state index in [9.17, 15) is 19.8 Å². The van der Waals surface area contributed by atoms with Crippen molar-refractivity contribution in [2.75, 3.05) is 6.61 Å². The zero-order valence-electron chi connectivity index (χ0n) is 20.6. The van der Waals surface area contributed by atoms with E-state index in [-0.39, 0.29) is 11.7 Å². The Morgan fingerprint density at radius 2 is 2.09 bits per heavy atom. The molecule has 10 nitrogen and oxygen atoms in total. The summed E-state index contributed by atoms with van der Waals surface area (Å²) in [6.45, 7) is 3.22. The first kappa shape index (κ1) is 27.0. The number of aromatic amines is 1. The number of nitrogens with one attached hydrogen (secondary N) is 3.